The van der Waals surface area contributed by atoms with Gasteiger partial charge in [0.05, 0.1) is 0 Å². The van der Waals surface area contributed by atoms with Crippen molar-refractivity contribution in [3.63, 3.8) is 0 Å². The molecule has 4 unspecified atom stereocenters. The van der Waals surface area contributed by atoms with E-state index in [1.54, 1.807) is 0 Å². The maximum Gasteiger partial charge on any atom is -0.0210 e. The molecule has 2 rings (SSSR count). The smallest absolute Gasteiger partial charge is 0.0210 e. The molecule has 0 nitrogen and oxygen atoms in total. The van der Waals surface area contributed by atoms with Crippen LogP contribution in [0, 0.1) is 22.7 Å². The Hall–Kier alpha value is 0. The molecule has 2 aliphatic carbocycles. The molecule has 2 aliphatic rings. The summed E-state index contributed by atoms with van der Waals surface area (Å²) >= 11 is 0. The first kappa shape index (κ1) is 12.5. The minimum Gasteiger partial charge on any atom is -0.0654 e. The third-order valence-electron chi connectivity index (χ3n) is 6.29. The van der Waals surface area contributed by atoms with Gasteiger partial charge in [0, 0.05) is 0 Å². The van der Waals surface area contributed by atoms with Crippen LogP contribution in [-0.2, 0) is 0 Å². The minimum absolute atomic E-state index is 0.649. The lowest BCUT2D eigenvalue weighted by Gasteiger charge is -2.61. The molecular weight excluding hydrogens is 192 g/mol. The fraction of sp³-hybridized carbons (Fsp3) is 1.00. The lowest BCUT2D eigenvalue weighted by atomic mass is 9.44. The van der Waals surface area contributed by atoms with Crippen LogP contribution in [0.3, 0.4) is 0 Å². The van der Waals surface area contributed by atoms with Crippen molar-refractivity contribution in [2.45, 2.75) is 79.1 Å². The Morgan fingerprint density at radius 3 is 2.62 bits per heavy atom. The summed E-state index contributed by atoms with van der Waals surface area (Å²) in [5, 5.41) is 0. The molecule has 0 aromatic carbocycles. The van der Waals surface area contributed by atoms with Gasteiger partial charge in [-0.2, -0.15) is 0 Å². The number of rotatable bonds is 5. The van der Waals surface area contributed by atoms with Crippen molar-refractivity contribution in [1.29, 1.82) is 0 Å². The molecule has 0 heterocycles. The highest BCUT2D eigenvalue weighted by atomic mass is 14.7. The Morgan fingerprint density at radius 1 is 1.31 bits per heavy atom. The third-order valence-corrected chi connectivity index (χ3v) is 6.29. The molecule has 0 spiro atoms. The number of hydrogen-bond donors (Lipinski definition) is 0. The van der Waals surface area contributed by atoms with Crippen LogP contribution in [0.4, 0.5) is 0 Å². The highest BCUT2D eigenvalue weighted by molar-refractivity contribution is 5.10. The summed E-state index contributed by atoms with van der Waals surface area (Å²) in [6.45, 7) is 9.86. The van der Waals surface area contributed by atoms with Crippen LogP contribution in [-0.4, -0.2) is 0 Å². The first-order valence-electron chi connectivity index (χ1n) is 7.59. The zero-order chi connectivity index (χ0) is 11.8. The number of unbranched alkanes of at least 4 members (excludes halogenated alkanes) is 1. The van der Waals surface area contributed by atoms with Crippen LogP contribution >= 0.6 is 0 Å². The van der Waals surface area contributed by atoms with Gasteiger partial charge in [0.2, 0.25) is 0 Å². The highest BCUT2D eigenvalue weighted by Crippen LogP contribution is 2.70. The molecule has 0 bridgehead atoms. The molecular formula is C16H30. The first-order valence-corrected chi connectivity index (χ1v) is 7.59. The van der Waals surface area contributed by atoms with E-state index in [0.29, 0.717) is 5.41 Å². The first-order chi connectivity index (χ1) is 7.59. The van der Waals surface area contributed by atoms with Gasteiger partial charge < -0.3 is 0 Å². The molecule has 0 aliphatic heterocycles. The molecule has 0 N–H and O–H groups in total. The Balaban J connectivity index is 2.14. The van der Waals surface area contributed by atoms with Crippen LogP contribution in [0.2, 0.25) is 0 Å². The van der Waals surface area contributed by atoms with Crippen molar-refractivity contribution in [2.75, 3.05) is 0 Å². The minimum atomic E-state index is 0.649. The predicted molar refractivity (Wildman–Crippen MR) is 71.5 cm³/mol. The van der Waals surface area contributed by atoms with Crippen LogP contribution in [0.5, 0.6) is 0 Å². The zero-order valence-electron chi connectivity index (χ0n) is 11.8. The largest absolute Gasteiger partial charge is 0.0654 e. The second-order valence-electron chi connectivity index (χ2n) is 6.85. The van der Waals surface area contributed by atoms with Gasteiger partial charge in [-0.1, -0.05) is 53.4 Å². The van der Waals surface area contributed by atoms with Gasteiger partial charge in [0.1, 0.15) is 0 Å². The van der Waals surface area contributed by atoms with Gasteiger partial charge in [-0.05, 0) is 48.3 Å². The van der Waals surface area contributed by atoms with Crippen molar-refractivity contribution in [1.82, 2.24) is 0 Å². The maximum absolute atomic E-state index is 2.60. The molecule has 0 radical (unpaired) electrons. The third kappa shape index (κ3) is 1.56. The molecule has 16 heavy (non-hydrogen) atoms. The Kier molecular flexibility index (Phi) is 3.39. The van der Waals surface area contributed by atoms with Crippen LogP contribution in [0.1, 0.15) is 79.1 Å². The van der Waals surface area contributed by atoms with Gasteiger partial charge in [-0.15, -0.1) is 0 Å². The van der Waals surface area contributed by atoms with Gasteiger partial charge in [-0.3, -0.25) is 0 Å². The van der Waals surface area contributed by atoms with Crippen LogP contribution < -0.4 is 0 Å². The van der Waals surface area contributed by atoms with E-state index < -0.39 is 0 Å². The predicted octanol–water partition coefficient (Wildman–Crippen LogP) is 5.42. The normalized spacial score (nSPS) is 41.2. The molecule has 0 aromatic heterocycles. The molecule has 2 fully saturated rings. The molecule has 0 amide bonds. The summed E-state index contributed by atoms with van der Waals surface area (Å²) in [5.41, 5.74) is 1.41. The zero-order valence-corrected chi connectivity index (χ0v) is 11.8. The van der Waals surface area contributed by atoms with Gasteiger partial charge in [-0.25, -0.2) is 0 Å². The second-order valence-corrected chi connectivity index (χ2v) is 6.85. The SMILES string of the molecule is CCCCC(C)(CC)C12CCCC1C(C)C2. The van der Waals surface area contributed by atoms with Crippen LogP contribution in [0.25, 0.3) is 0 Å². The van der Waals surface area contributed by atoms with Crippen molar-refractivity contribution in [3.8, 4) is 0 Å². The fourth-order valence-electron chi connectivity index (χ4n) is 5.08. The molecule has 4 atom stereocenters. The Labute approximate surface area is 102 Å². The lowest BCUT2D eigenvalue weighted by Crippen LogP contribution is -2.53. The summed E-state index contributed by atoms with van der Waals surface area (Å²) in [6, 6.07) is 0. The van der Waals surface area contributed by atoms with E-state index in [-0.39, 0.29) is 0 Å². The summed E-state index contributed by atoms with van der Waals surface area (Å²) in [4.78, 5) is 0. The van der Waals surface area contributed by atoms with Gasteiger partial charge in [0.15, 0.2) is 0 Å². The average Bonchev–Trinajstić information content (AvgIpc) is 2.64. The topological polar surface area (TPSA) is 0 Å². The summed E-state index contributed by atoms with van der Waals surface area (Å²) in [5.74, 6) is 2.10. The Bertz CT molecular complexity index is 244. The number of fused-ring (bicyclic) bond motifs is 1. The van der Waals surface area contributed by atoms with Gasteiger partial charge >= 0.3 is 0 Å². The lowest BCUT2D eigenvalue weighted by molar-refractivity contribution is -0.118. The monoisotopic (exact) mass is 222 g/mol. The Morgan fingerprint density at radius 2 is 2.06 bits per heavy atom. The number of hydrogen-bond acceptors (Lipinski definition) is 0. The quantitative estimate of drug-likeness (QED) is 0.582. The van der Waals surface area contributed by atoms with E-state index >= 15 is 0 Å². The van der Waals surface area contributed by atoms with Crippen molar-refractivity contribution in [2.24, 2.45) is 22.7 Å². The summed E-state index contributed by atoms with van der Waals surface area (Å²) in [7, 11) is 0. The van der Waals surface area contributed by atoms with E-state index in [4.69, 9.17) is 0 Å². The molecule has 0 heteroatoms. The average molecular weight is 222 g/mol. The van der Waals surface area contributed by atoms with E-state index in [9.17, 15) is 0 Å². The highest BCUT2D eigenvalue weighted by Gasteiger charge is 2.61. The van der Waals surface area contributed by atoms with Crippen LogP contribution in [0.15, 0.2) is 0 Å². The maximum atomic E-state index is 2.60. The van der Waals surface area contributed by atoms with E-state index in [1.165, 1.54) is 51.4 Å². The van der Waals surface area contributed by atoms with Crippen molar-refractivity contribution < 1.29 is 0 Å². The van der Waals surface area contributed by atoms with Crippen molar-refractivity contribution >= 4 is 0 Å². The standard InChI is InChI=1S/C16H30/c1-5-7-10-15(4,6-2)16-11-8-9-14(16)13(3)12-16/h13-14H,5-12H2,1-4H3. The summed E-state index contributed by atoms with van der Waals surface area (Å²) < 4.78 is 0. The molecule has 0 saturated heterocycles. The van der Waals surface area contributed by atoms with Gasteiger partial charge in [0.25, 0.3) is 0 Å². The molecule has 94 valence electrons. The fourth-order valence-corrected chi connectivity index (χ4v) is 5.08. The summed E-state index contributed by atoms with van der Waals surface area (Å²) in [6.07, 6.45) is 11.8. The second kappa shape index (κ2) is 4.35. The molecule has 2 saturated carbocycles. The molecule has 0 aromatic rings. The van der Waals surface area contributed by atoms with E-state index in [1.807, 2.05) is 0 Å². The van der Waals surface area contributed by atoms with E-state index in [2.05, 4.69) is 27.7 Å². The van der Waals surface area contributed by atoms with Crippen molar-refractivity contribution in [3.05, 3.63) is 0 Å². The van der Waals surface area contributed by atoms with E-state index in [0.717, 1.165) is 17.3 Å².